The molecule has 0 saturated carbocycles. The van der Waals surface area contributed by atoms with Gasteiger partial charge in [0, 0.05) is 11.6 Å². The van der Waals surface area contributed by atoms with Crippen LogP contribution in [-0.2, 0) is 15.9 Å². The minimum atomic E-state index is -0.761. The summed E-state index contributed by atoms with van der Waals surface area (Å²) < 4.78 is 16.0. The highest BCUT2D eigenvalue weighted by Crippen LogP contribution is 2.36. The number of rotatable bonds is 9. The Balaban J connectivity index is 2.11. The van der Waals surface area contributed by atoms with E-state index in [0.29, 0.717) is 28.1 Å². The Morgan fingerprint density at radius 3 is 2.32 bits per heavy atom. The van der Waals surface area contributed by atoms with E-state index in [1.165, 1.54) is 7.11 Å². The smallest absolute Gasteiger partial charge is 0.412 e. The maximum atomic E-state index is 13.9. The van der Waals surface area contributed by atoms with Crippen molar-refractivity contribution in [3.05, 3.63) is 94.0 Å². The van der Waals surface area contributed by atoms with Gasteiger partial charge in [0.2, 0.25) is 0 Å². The van der Waals surface area contributed by atoms with E-state index in [0.717, 1.165) is 0 Å². The fraction of sp³-hybridized carbons (Fsp3) is 0.300. The van der Waals surface area contributed by atoms with E-state index in [-0.39, 0.29) is 29.4 Å². The van der Waals surface area contributed by atoms with Gasteiger partial charge in [-0.15, -0.1) is 0 Å². The molecule has 0 heterocycles. The van der Waals surface area contributed by atoms with Crippen molar-refractivity contribution in [3.8, 4) is 5.75 Å². The molecule has 8 heteroatoms. The van der Waals surface area contributed by atoms with Gasteiger partial charge in [-0.3, -0.25) is 10.1 Å². The van der Waals surface area contributed by atoms with Gasteiger partial charge in [-0.1, -0.05) is 60.1 Å². The van der Waals surface area contributed by atoms with E-state index in [9.17, 15) is 14.4 Å². The lowest BCUT2D eigenvalue weighted by Crippen LogP contribution is -2.28. The van der Waals surface area contributed by atoms with E-state index < -0.39 is 23.6 Å². The molecule has 0 aromatic heterocycles. The first-order valence-corrected chi connectivity index (χ1v) is 12.6. The van der Waals surface area contributed by atoms with Gasteiger partial charge in [-0.25, -0.2) is 9.59 Å². The maximum Gasteiger partial charge on any atom is 0.412 e. The Labute approximate surface area is 228 Å². The number of hydrogen-bond acceptors (Lipinski definition) is 6. The molecular formula is C30H32ClNO6. The van der Waals surface area contributed by atoms with Gasteiger partial charge < -0.3 is 14.2 Å². The number of Topliss-reactive ketones (excluding diaryl/α,β-unsaturated/α-hetero) is 1. The van der Waals surface area contributed by atoms with Crippen molar-refractivity contribution in [2.24, 2.45) is 0 Å². The Morgan fingerprint density at radius 1 is 0.974 bits per heavy atom. The number of ether oxygens (including phenoxy) is 3. The third-order valence-corrected chi connectivity index (χ3v) is 6.09. The van der Waals surface area contributed by atoms with Crippen molar-refractivity contribution in [1.82, 2.24) is 0 Å². The van der Waals surface area contributed by atoms with Crippen molar-refractivity contribution < 1.29 is 28.6 Å². The minimum Gasteiger partial charge on any atom is -0.497 e. The van der Waals surface area contributed by atoms with Crippen molar-refractivity contribution in [2.75, 3.05) is 19.0 Å². The van der Waals surface area contributed by atoms with Gasteiger partial charge in [0.05, 0.1) is 35.9 Å². The van der Waals surface area contributed by atoms with Crippen molar-refractivity contribution >= 4 is 35.1 Å². The SMILES string of the molecule is CCOC(=O)c1cccc(CC(C(=O)c2ccccc2)c2ccc(OC)cc2NC(=O)OC(C)(C)C)c1Cl. The zero-order valence-electron chi connectivity index (χ0n) is 22.2. The summed E-state index contributed by atoms with van der Waals surface area (Å²) in [5.74, 6) is -0.987. The van der Waals surface area contributed by atoms with Crippen LogP contribution in [0.5, 0.6) is 5.75 Å². The van der Waals surface area contributed by atoms with Crippen LogP contribution in [0.3, 0.4) is 0 Å². The predicted molar refractivity (Wildman–Crippen MR) is 147 cm³/mol. The molecule has 1 unspecified atom stereocenters. The topological polar surface area (TPSA) is 90.9 Å². The summed E-state index contributed by atoms with van der Waals surface area (Å²) in [5.41, 5.74) is 1.50. The van der Waals surface area contributed by atoms with Crippen LogP contribution in [0.1, 0.15) is 65.5 Å². The highest BCUT2D eigenvalue weighted by molar-refractivity contribution is 6.34. The van der Waals surface area contributed by atoms with Gasteiger partial charge in [0.15, 0.2) is 5.78 Å². The first-order valence-electron chi connectivity index (χ1n) is 12.3. The van der Waals surface area contributed by atoms with Crippen LogP contribution in [0.4, 0.5) is 10.5 Å². The molecule has 7 nitrogen and oxygen atoms in total. The van der Waals surface area contributed by atoms with Gasteiger partial charge >= 0.3 is 12.1 Å². The molecule has 3 rings (SSSR count). The Morgan fingerprint density at radius 2 is 1.68 bits per heavy atom. The third-order valence-electron chi connectivity index (χ3n) is 5.64. The molecule has 0 spiro atoms. The molecular weight excluding hydrogens is 506 g/mol. The molecule has 0 aliphatic carbocycles. The summed E-state index contributed by atoms with van der Waals surface area (Å²) in [6, 6.07) is 19.0. The first kappa shape index (κ1) is 28.7. The summed E-state index contributed by atoms with van der Waals surface area (Å²) in [5, 5.41) is 2.99. The van der Waals surface area contributed by atoms with E-state index >= 15 is 0 Å². The number of hydrogen-bond donors (Lipinski definition) is 1. The van der Waals surface area contributed by atoms with E-state index in [1.807, 2.05) is 6.07 Å². The van der Waals surface area contributed by atoms with Gasteiger partial charge in [-0.05, 0) is 57.4 Å². The maximum absolute atomic E-state index is 13.9. The second-order valence-corrected chi connectivity index (χ2v) is 9.94. The third kappa shape index (κ3) is 7.35. The van der Waals surface area contributed by atoms with Crippen LogP contribution in [0.25, 0.3) is 0 Å². The number of esters is 1. The molecule has 0 aliphatic heterocycles. The fourth-order valence-corrected chi connectivity index (χ4v) is 4.24. The fourth-order valence-electron chi connectivity index (χ4n) is 3.96. The summed E-state index contributed by atoms with van der Waals surface area (Å²) in [6.07, 6.45) is -0.505. The van der Waals surface area contributed by atoms with E-state index in [1.54, 1.807) is 88.4 Å². The van der Waals surface area contributed by atoms with Gasteiger partial charge in [-0.2, -0.15) is 0 Å². The lowest BCUT2D eigenvalue weighted by Gasteiger charge is -2.24. The molecule has 3 aromatic carbocycles. The number of anilines is 1. The number of carbonyl (C=O) groups is 3. The van der Waals surface area contributed by atoms with E-state index in [4.69, 9.17) is 25.8 Å². The second kappa shape index (κ2) is 12.6. The van der Waals surface area contributed by atoms with Crippen LogP contribution in [0, 0.1) is 0 Å². The zero-order chi connectivity index (χ0) is 27.9. The summed E-state index contributed by atoms with van der Waals surface area (Å²) in [6.45, 7) is 7.21. The second-order valence-electron chi connectivity index (χ2n) is 9.57. The minimum absolute atomic E-state index is 0.162. The molecule has 1 amide bonds. The summed E-state index contributed by atoms with van der Waals surface area (Å²) in [7, 11) is 1.51. The average molecular weight is 538 g/mol. The number of nitrogens with one attached hydrogen (secondary N) is 1. The lowest BCUT2D eigenvalue weighted by atomic mass is 9.84. The highest BCUT2D eigenvalue weighted by atomic mass is 35.5. The molecule has 0 fully saturated rings. The number of amides is 1. The van der Waals surface area contributed by atoms with Crippen LogP contribution in [0.2, 0.25) is 5.02 Å². The van der Waals surface area contributed by atoms with Crippen molar-refractivity contribution in [1.29, 1.82) is 0 Å². The van der Waals surface area contributed by atoms with Crippen LogP contribution in [0.15, 0.2) is 66.7 Å². The van der Waals surface area contributed by atoms with Gasteiger partial charge in [0.1, 0.15) is 11.4 Å². The first-order chi connectivity index (χ1) is 18.0. The highest BCUT2D eigenvalue weighted by Gasteiger charge is 2.28. The number of carbonyl (C=O) groups excluding carboxylic acids is 3. The quantitative estimate of drug-likeness (QED) is 0.231. The number of methoxy groups -OCH3 is 1. The van der Waals surface area contributed by atoms with Gasteiger partial charge in [0.25, 0.3) is 0 Å². The Bertz CT molecular complexity index is 1300. The number of halogens is 1. The molecule has 0 radical (unpaired) electrons. The van der Waals surface area contributed by atoms with Crippen LogP contribution < -0.4 is 10.1 Å². The standard InChI is InChI=1S/C30H32ClNO6/c1-6-37-28(34)23-14-10-13-20(26(23)31)17-24(27(33)19-11-8-7-9-12-19)22-16-15-21(36-5)18-25(22)32-29(35)38-30(2,3)4/h7-16,18,24H,6,17H2,1-5H3,(H,32,35). The van der Waals surface area contributed by atoms with Crippen molar-refractivity contribution in [3.63, 3.8) is 0 Å². The normalized spacial score (nSPS) is 11.8. The summed E-state index contributed by atoms with van der Waals surface area (Å²) >= 11 is 6.64. The van der Waals surface area contributed by atoms with E-state index in [2.05, 4.69) is 5.32 Å². The molecule has 0 aliphatic rings. The van der Waals surface area contributed by atoms with Crippen molar-refractivity contribution in [2.45, 2.75) is 45.6 Å². The largest absolute Gasteiger partial charge is 0.497 e. The number of ketones is 1. The Hall–Kier alpha value is -3.84. The molecule has 3 aromatic rings. The van der Waals surface area contributed by atoms with Crippen LogP contribution >= 0.6 is 11.6 Å². The molecule has 1 N–H and O–H groups in total. The molecule has 0 saturated heterocycles. The Kier molecular flexibility index (Phi) is 9.53. The predicted octanol–water partition coefficient (Wildman–Crippen LogP) is 7.08. The molecule has 1 atom stereocenters. The lowest BCUT2D eigenvalue weighted by molar-refractivity contribution is 0.0525. The number of benzene rings is 3. The monoisotopic (exact) mass is 537 g/mol. The van der Waals surface area contributed by atoms with Crippen LogP contribution in [-0.4, -0.2) is 37.2 Å². The zero-order valence-corrected chi connectivity index (χ0v) is 22.9. The molecule has 0 bridgehead atoms. The molecule has 38 heavy (non-hydrogen) atoms. The molecule has 200 valence electrons. The summed E-state index contributed by atoms with van der Waals surface area (Å²) in [4.78, 5) is 39.0. The average Bonchev–Trinajstić information content (AvgIpc) is 2.87.